The van der Waals surface area contributed by atoms with Crippen molar-refractivity contribution in [1.82, 2.24) is 14.3 Å². The van der Waals surface area contributed by atoms with Crippen LogP contribution in [-0.4, -0.2) is 36.8 Å². The van der Waals surface area contributed by atoms with Crippen LogP contribution in [0.2, 0.25) is 0 Å². The molecule has 2 heterocycles. The van der Waals surface area contributed by atoms with Crippen molar-refractivity contribution in [3.63, 3.8) is 0 Å². The summed E-state index contributed by atoms with van der Waals surface area (Å²) in [5.41, 5.74) is 4.43. The first-order valence-electron chi connectivity index (χ1n) is 7.32. The normalized spacial score (nSPS) is 12.2. The SMILES string of the molecule is Cc1[nH]c2ccncc2c1Cc1ccc(S(=O)(=O)N(C)C)cc1. The Kier molecular flexibility index (Phi) is 3.95. The van der Waals surface area contributed by atoms with Gasteiger partial charge in [0.25, 0.3) is 0 Å². The van der Waals surface area contributed by atoms with Crippen molar-refractivity contribution in [2.24, 2.45) is 0 Å². The van der Waals surface area contributed by atoms with E-state index in [0.717, 1.165) is 28.6 Å². The summed E-state index contributed by atoms with van der Waals surface area (Å²) in [7, 11) is -0.315. The van der Waals surface area contributed by atoms with E-state index in [2.05, 4.69) is 9.97 Å². The second kappa shape index (κ2) is 5.79. The highest BCUT2D eigenvalue weighted by molar-refractivity contribution is 7.89. The summed E-state index contributed by atoms with van der Waals surface area (Å²) < 4.78 is 25.4. The topological polar surface area (TPSA) is 66.1 Å². The number of nitrogens with zero attached hydrogens (tertiary/aromatic N) is 2. The zero-order chi connectivity index (χ0) is 16.6. The molecule has 0 atom stereocenters. The molecule has 120 valence electrons. The lowest BCUT2D eigenvalue weighted by molar-refractivity contribution is 0.520. The smallest absolute Gasteiger partial charge is 0.242 e. The number of nitrogens with one attached hydrogen (secondary N) is 1. The Hall–Kier alpha value is -2.18. The molecule has 0 unspecified atom stereocenters. The fourth-order valence-electron chi connectivity index (χ4n) is 2.65. The summed E-state index contributed by atoms with van der Waals surface area (Å²) >= 11 is 0. The molecule has 0 aliphatic heterocycles. The molecule has 23 heavy (non-hydrogen) atoms. The molecule has 3 aromatic rings. The number of hydrogen-bond donors (Lipinski definition) is 1. The van der Waals surface area contributed by atoms with Crippen molar-refractivity contribution in [3.05, 3.63) is 59.5 Å². The predicted molar refractivity (Wildman–Crippen MR) is 91.0 cm³/mol. The Labute approximate surface area is 136 Å². The molecule has 3 rings (SSSR count). The van der Waals surface area contributed by atoms with Gasteiger partial charge in [0.15, 0.2) is 0 Å². The molecule has 0 bridgehead atoms. The number of hydrogen-bond acceptors (Lipinski definition) is 3. The number of aromatic nitrogens is 2. The van der Waals surface area contributed by atoms with Crippen LogP contribution in [0.1, 0.15) is 16.8 Å². The van der Waals surface area contributed by atoms with Crippen LogP contribution in [0.5, 0.6) is 0 Å². The number of sulfonamides is 1. The van der Waals surface area contributed by atoms with Gasteiger partial charge in [0.1, 0.15) is 0 Å². The number of pyridine rings is 1. The molecule has 0 fully saturated rings. The van der Waals surface area contributed by atoms with E-state index in [9.17, 15) is 8.42 Å². The zero-order valence-corrected chi connectivity index (χ0v) is 14.2. The standard InChI is InChI=1S/C17H19N3O2S/c1-12-15(16-11-18-9-8-17(16)19-12)10-13-4-6-14(7-5-13)23(21,22)20(2)3/h4-9,11,19H,10H2,1-3H3. The van der Waals surface area contributed by atoms with Crippen LogP contribution in [0.15, 0.2) is 47.6 Å². The maximum Gasteiger partial charge on any atom is 0.242 e. The third kappa shape index (κ3) is 2.87. The van der Waals surface area contributed by atoms with Crippen molar-refractivity contribution < 1.29 is 8.42 Å². The van der Waals surface area contributed by atoms with Gasteiger partial charge in [-0.25, -0.2) is 12.7 Å². The molecule has 5 nitrogen and oxygen atoms in total. The van der Waals surface area contributed by atoms with Crippen LogP contribution in [0, 0.1) is 6.92 Å². The number of H-pyrrole nitrogens is 1. The third-order valence-electron chi connectivity index (χ3n) is 4.00. The summed E-state index contributed by atoms with van der Waals surface area (Å²) in [4.78, 5) is 7.85. The number of aromatic amines is 1. The minimum atomic E-state index is -3.38. The highest BCUT2D eigenvalue weighted by atomic mass is 32.2. The molecular weight excluding hydrogens is 310 g/mol. The largest absolute Gasteiger partial charge is 0.358 e. The third-order valence-corrected chi connectivity index (χ3v) is 5.83. The van der Waals surface area contributed by atoms with E-state index >= 15 is 0 Å². The number of benzene rings is 1. The quantitative estimate of drug-likeness (QED) is 0.800. The van der Waals surface area contributed by atoms with Gasteiger partial charge < -0.3 is 4.98 Å². The summed E-state index contributed by atoms with van der Waals surface area (Å²) in [6.45, 7) is 2.04. The Morgan fingerprint density at radius 2 is 1.83 bits per heavy atom. The second-order valence-corrected chi connectivity index (χ2v) is 7.91. The molecule has 2 aromatic heterocycles. The average molecular weight is 329 g/mol. The van der Waals surface area contributed by atoms with Crippen molar-refractivity contribution in [3.8, 4) is 0 Å². The van der Waals surface area contributed by atoms with Crippen molar-refractivity contribution in [2.75, 3.05) is 14.1 Å². The van der Waals surface area contributed by atoms with Crippen LogP contribution >= 0.6 is 0 Å². The van der Waals surface area contributed by atoms with Gasteiger partial charge in [-0.2, -0.15) is 0 Å². The first-order valence-corrected chi connectivity index (χ1v) is 8.76. The molecule has 0 spiro atoms. The molecule has 0 radical (unpaired) electrons. The highest BCUT2D eigenvalue weighted by Gasteiger charge is 2.17. The molecule has 0 saturated heterocycles. The Bertz CT molecular complexity index is 942. The second-order valence-electron chi connectivity index (χ2n) is 5.76. The van der Waals surface area contributed by atoms with Gasteiger partial charge in [-0.1, -0.05) is 12.1 Å². The number of aryl methyl sites for hydroxylation is 1. The molecule has 1 N–H and O–H groups in total. The lowest BCUT2D eigenvalue weighted by Crippen LogP contribution is -2.22. The van der Waals surface area contributed by atoms with E-state index in [-0.39, 0.29) is 0 Å². The molecule has 6 heteroatoms. The maximum atomic E-state index is 12.1. The van der Waals surface area contributed by atoms with Crippen LogP contribution in [-0.2, 0) is 16.4 Å². The van der Waals surface area contributed by atoms with Gasteiger partial charge in [0.2, 0.25) is 10.0 Å². The summed E-state index contributed by atoms with van der Waals surface area (Å²) in [6.07, 6.45) is 4.36. The predicted octanol–water partition coefficient (Wildman–Crippen LogP) is 2.71. The first-order chi connectivity index (χ1) is 10.9. The monoisotopic (exact) mass is 329 g/mol. The van der Waals surface area contributed by atoms with Gasteiger partial charge in [-0.3, -0.25) is 4.98 Å². The fourth-order valence-corrected chi connectivity index (χ4v) is 3.55. The highest BCUT2D eigenvalue weighted by Crippen LogP contribution is 2.24. The zero-order valence-electron chi connectivity index (χ0n) is 13.4. The van der Waals surface area contributed by atoms with Crippen LogP contribution < -0.4 is 0 Å². The minimum Gasteiger partial charge on any atom is -0.358 e. The molecule has 0 amide bonds. The fraction of sp³-hybridized carbons (Fsp3) is 0.235. The van der Waals surface area contributed by atoms with E-state index in [4.69, 9.17) is 0 Å². The minimum absolute atomic E-state index is 0.309. The summed E-state index contributed by atoms with van der Waals surface area (Å²) in [5.74, 6) is 0. The van der Waals surface area contributed by atoms with Gasteiger partial charge in [-0.05, 0) is 42.7 Å². The Morgan fingerprint density at radius 3 is 2.48 bits per heavy atom. The molecular formula is C17H19N3O2S. The Balaban J connectivity index is 1.93. The van der Waals surface area contributed by atoms with Crippen LogP contribution in [0.4, 0.5) is 0 Å². The molecule has 1 aromatic carbocycles. The van der Waals surface area contributed by atoms with E-state index in [1.165, 1.54) is 24.0 Å². The average Bonchev–Trinajstić information content (AvgIpc) is 2.84. The van der Waals surface area contributed by atoms with E-state index in [0.29, 0.717) is 4.90 Å². The van der Waals surface area contributed by atoms with E-state index in [1.807, 2.05) is 31.3 Å². The number of fused-ring (bicyclic) bond motifs is 1. The van der Waals surface area contributed by atoms with E-state index < -0.39 is 10.0 Å². The van der Waals surface area contributed by atoms with Crippen LogP contribution in [0.3, 0.4) is 0 Å². The first kappa shape index (κ1) is 15.7. The lowest BCUT2D eigenvalue weighted by atomic mass is 10.0. The van der Waals surface area contributed by atoms with Crippen molar-refractivity contribution in [1.29, 1.82) is 0 Å². The van der Waals surface area contributed by atoms with Gasteiger partial charge in [0, 0.05) is 43.1 Å². The molecule has 0 saturated carbocycles. The molecule has 0 aliphatic carbocycles. The van der Waals surface area contributed by atoms with Gasteiger partial charge >= 0.3 is 0 Å². The lowest BCUT2D eigenvalue weighted by Gasteiger charge is -2.11. The Morgan fingerprint density at radius 1 is 1.13 bits per heavy atom. The van der Waals surface area contributed by atoms with Crippen LogP contribution in [0.25, 0.3) is 10.9 Å². The maximum absolute atomic E-state index is 12.1. The van der Waals surface area contributed by atoms with Gasteiger partial charge in [0.05, 0.1) is 4.90 Å². The van der Waals surface area contributed by atoms with Crippen molar-refractivity contribution >= 4 is 20.9 Å². The summed E-state index contributed by atoms with van der Waals surface area (Å²) in [5, 5.41) is 1.11. The van der Waals surface area contributed by atoms with Gasteiger partial charge in [-0.15, -0.1) is 0 Å². The summed E-state index contributed by atoms with van der Waals surface area (Å²) in [6, 6.07) is 9.01. The number of rotatable bonds is 4. The van der Waals surface area contributed by atoms with E-state index in [1.54, 1.807) is 18.3 Å². The molecule has 0 aliphatic rings. The van der Waals surface area contributed by atoms with Crippen molar-refractivity contribution in [2.45, 2.75) is 18.2 Å².